The van der Waals surface area contributed by atoms with Gasteiger partial charge < -0.3 is 0 Å². The monoisotopic (exact) mass is 348 g/mol. The van der Waals surface area contributed by atoms with Gasteiger partial charge in [0.05, 0.1) is 0 Å². The smallest absolute Gasteiger partial charge is 0.00886 e. The molecule has 0 radical (unpaired) electrons. The van der Waals surface area contributed by atoms with Crippen molar-refractivity contribution in [2.24, 2.45) is 11.8 Å². The van der Waals surface area contributed by atoms with Crippen LogP contribution in [0.15, 0.2) is 0 Å². The fourth-order valence-corrected chi connectivity index (χ4v) is 3.59. The predicted octanol–water partition coefficient (Wildman–Crippen LogP) is 8.93. The molecule has 0 heterocycles. The summed E-state index contributed by atoms with van der Waals surface area (Å²) in [6.07, 6.45) is 23.3. The van der Waals surface area contributed by atoms with Crippen LogP contribution in [0.3, 0.4) is 0 Å². The summed E-state index contributed by atoms with van der Waals surface area (Å²) in [5.74, 6) is 8.48. The van der Waals surface area contributed by atoms with Gasteiger partial charge in [-0.15, -0.1) is 11.8 Å². The minimum Gasteiger partial charge on any atom is -0.103 e. The summed E-state index contributed by atoms with van der Waals surface area (Å²) in [6.45, 7) is 9.39. The maximum Gasteiger partial charge on any atom is 0.00886 e. The van der Waals surface area contributed by atoms with Crippen LogP contribution in [0.5, 0.6) is 0 Å². The van der Waals surface area contributed by atoms with E-state index in [9.17, 15) is 0 Å². The Kier molecular flexibility index (Phi) is 19.5. The zero-order chi connectivity index (χ0) is 18.6. The van der Waals surface area contributed by atoms with Crippen LogP contribution >= 0.6 is 0 Å². The van der Waals surface area contributed by atoms with Crippen LogP contribution in [0.1, 0.15) is 137 Å². The molecule has 0 bridgehead atoms. The second kappa shape index (κ2) is 19.9. The van der Waals surface area contributed by atoms with E-state index >= 15 is 0 Å². The molecule has 148 valence electrons. The SMILES string of the molecule is CCCCC#CCCCCCCCCCC(CCCCCC)C(C)C. The van der Waals surface area contributed by atoms with Crippen molar-refractivity contribution in [2.45, 2.75) is 137 Å². The van der Waals surface area contributed by atoms with Gasteiger partial charge in [0.25, 0.3) is 0 Å². The van der Waals surface area contributed by atoms with Crippen molar-refractivity contribution < 1.29 is 0 Å². The topological polar surface area (TPSA) is 0 Å². The van der Waals surface area contributed by atoms with Crippen LogP contribution in [-0.2, 0) is 0 Å². The number of hydrogen-bond donors (Lipinski definition) is 0. The van der Waals surface area contributed by atoms with Crippen LogP contribution in [0, 0.1) is 23.7 Å². The van der Waals surface area contributed by atoms with Gasteiger partial charge in [-0.05, 0) is 24.7 Å². The fraction of sp³-hybridized carbons (Fsp3) is 0.920. The van der Waals surface area contributed by atoms with Gasteiger partial charge in [-0.3, -0.25) is 0 Å². The summed E-state index contributed by atoms with van der Waals surface area (Å²) < 4.78 is 0. The van der Waals surface area contributed by atoms with E-state index in [1.807, 2.05) is 0 Å². The molecule has 1 atom stereocenters. The Bertz CT molecular complexity index is 304. The van der Waals surface area contributed by atoms with Crippen molar-refractivity contribution in [1.29, 1.82) is 0 Å². The van der Waals surface area contributed by atoms with Gasteiger partial charge in [0.15, 0.2) is 0 Å². The Balaban J connectivity index is 3.43. The van der Waals surface area contributed by atoms with Gasteiger partial charge in [-0.25, -0.2) is 0 Å². The molecule has 0 N–H and O–H groups in total. The molecule has 0 spiro atoms. The van der Waals surface area contributed by atoms with Crippen molar-refractivity contribution in [1.82, 2.24) is 0 Å². The Hall–Kier alpha value is -0.440. The fourth-order valence-electron chi connectivity index (χ4n) is 3.59. The first-order chi connectivity index (χ1) is 12.2. The standard InChI is InChI=1S/C25H48/c1-5-7-9-11-12-13-14-15-16-17-18-19-21-23-25(24(3)4)22-20-10-8-6-2/h24-25H,5-10,13-23H2,1-4H3. The van der Waals surface area contributed by atoms with E-state index in [0.29, 0.717) is 0 Å². The second-order valence-electron chi connectivity index (χ2n) is 8.32. The van der Waals surface area contributed by atoms with E-state index in [0.717, 1.165) is 24.7 Å². The summed E-state index contributed by atoms with van der Waals surface area (Å²) in [5, 5.41) is 0. The maximum atomic E-state index is 3.33. The van der Waals surface area contributed by atoms with Crippen LogP contribution < -0.4 is 0 Å². The Morgan fingerprint density at radius 2 is 0.960 bits per heavy atom. The highest BCUT2D eigenvalue weighted by Gasteiger charge is 2.12. The van der Waals surface area contributed by atoms with E-state index in [2.05, 4.69) is 39.5 Å². The summed E-state index contributed by atoms with van der Waals surface area (Å²) in [5.41, 5.74) is 0. The van der Waals surface area contributed by atoms with E-state index < -0.39 is 0 Å². The van der Waals surface area contributed by atoms with Gasteiger partial charge in [0.2, 0.25) is 0 Å². The average Bonchev–Trinajstić information content (AvgIpc) is 2.60. The van der Waals surface area contributed by atoms with Gasteiger partial charge in [-0.2, -0.15) is 0 Å². The molecule has 0 rings (SSSR count). The first-order valence-corrected chi connectivity index (χ1v) is 11.7. The van der Waals surface area contributed by atoms with Crippen LogP contribution in [-0.4, -0.2) is 0 Å². The summed E-state index contributed by atoms with van der Waals surface area (Å²) in [4.78, 5) is 0. The molecule has 0 aromatic heterocycles. The summed E-state index contributed by atoms with van der Waals surface area (Å²) in [6, 6.07) is 0. The third-order valence-electron chi connectivity index (χ3n) is 5.53. The average molecular weight is 349 g/mol. The van der Waals surface area contributed by atoms with Gasteiger partial charge in [0.1, 0.15) is 0 Å². The molecule has 0 heteroatoms. The lowest BCUT2D eigenvalue weighted by molar-refractivity contribution is 0.313. The zero-order valence-corrected chi connectivity index (χ0v) is 18.2. The van der Waals surface area contributed by atoms with Gasteiger partial charge in [0, 0.05) is 12.8 Å². The molecule has 1 unspecified atom stereocenters. The molecule has 0 aliphatic rings. The lowest BCUT2D eigenvalue weighted by Crippen LogP contribution is -2.08. The molecule has 0 fully saturated rings. The van der Waals surface area contributed by atoms with Crippen molar-refractivity contribution in [3.8, 4) is 11.8 Å². The van der Waals surface area contributed by atoms with E-state index in [-0.39, 0.29) is 0 Å². The molecule has 0 nitrogen and oxygen atoms in total. The third-order valence-corrected chi connectivity index (χ3v) is 5.53. The normalized spacial score (nSPS) is 12.2. The van der Waals surface area contributed by atoms with Crippen molar-refractivity contribution in [3.05, 3.63) is 0 Å². The molecule has 0 aromatic carbocycles. The third kappa shape index (κ3) is 18.2. The highest BCUT2D eigenvalue weighted by Crippen LogP contribution is 2.25. The highest BCUT2D eigenvalue weighted by atomic mass is 14.2. The van der Waals surface area contributed by atoms with Crippen molar-refractivity contribution >= 4 is 0 Å². The minimum atomic E-state index is 0.875. The lowest BCUT2D eigenvalue weighted by atomic mass is 9.85. The Morgan fingerprint density at radius 1 is 0.520 bits per heavy atom. The number of rotatable bonds is 17. The molecular formula is C25H48. The molecule has 0 amide bonds. The Labute approximate surface area is 160 Å². The van der Waals surface area contributed by atoms with Crippen LogP contribution in [0.4, 0.5) is 0 Å². The molecule has 0 aliphatic heterocycles. The molecule has 25 heavy (non-hydrogen) atoms. The minimum absolute atomic E-state index is 0.875. The lowest BCUT2D eigenvalue weighted by Gasteiger charge is -2.20. The van der Waals surface area contributed by atoms with Crippen LogP contribution in [0.25, 0.3) is 0 Å². The van der Waals surface area contributed by atoms with E-state index in [4.69, 9.17) is 0 Å². The molecule has 0 saturated carbocycles. The molecule has 0 aliphatic carbocycles. The second-order valence-corrected chi connectivity index (χ2v) is 8.32. The predicted molar refractivity (Wildman–Crippen MR) is 116 cm³/mol. The largest absolute Gasteiger partial charge is 0.103 e. The molecular weight excluding hydrogens is 300 g/mol. The Morgan fingerprint density at radius 3 is 1.48 bits per heavy atom. The summed E-state index contributed by atoms with van der Waals surface area (Å²) in [7, 11) is 0. The zero-order valence-electron chi connectivity index (χ0n) is 18.2. The maximum absolute atomic E-state index is 3.33. The quantitative estimate of drug-likeness (QED) is 0.182. The summed E-state index contributed by atoms with van der Waals surface area (Å²) >= 11 is 0. The number of unbranched alkanes of at least 4 members (excludes halogenated alkanes) is 12. The van der Waals surface area contributed by atoms with E-state index in [1.165, 1.54) is 96.3 Å². The van der Waals surface area contributed by atoms with Gasteiger partial charge in [-0.1, -0.05) is 111 Å². The molecule has 0 aromatic rings. The first kappa shape index (κ1) is 24.6. The van der Waals surface area contributed by atoms with Crippen molar-refractivity contribution in [3.63, 3.8) is 0 Å². The van der Waals surface area contributed by atoms with Crippen molar-refractivity contribution in [2.75, 3.05) is 0 Å². The van der Waals surface area contributed by atoms with Crippen LogP contribution in [0.2, 0.25) is 0 Å². The molecule has 0 saturated heterocycles. The highest BCUT2D eigenvalue weighted by molar-refractivity contribution is 4.98. The van der Waals surface area contributed by atoms with E-state index in [1.54, 1.807) is 0 Å². The van der Waals surface area contributed by atoms with Gasteiger partial charge >= 0.3 is 0 Å². The number of hydrogen-bond acceptors (Lipinski definition) is 0. The first-order valence-electron chi connectivity index (χ1n) is 11.7.